The van der Waals surface area contributed by atoms with Crippen molar-refractivity contribution in [3.05, 3.63) is 35.3 Å². The van der Waals surface area contributed by atoms with Gasteiger partial charge in [0.25, 0.3) is 0 Å². The zero-order valence-corrected chi connectivity index (χ0v) is 18.9. The number of esters is 1. The molecule has 170 valence electrons. The predicted molar refractivity (Wildman–Crippen MR) is 114 cm³/mol. The number of rotatable bonds is 6. The molecule has 2 heterocycles. The third kappa shape index (κ3) is 5.58. The molecule has 0 aliphatic carbocycles. The van der Waals surface area contributed by atoms with Gasteiger partial charge in [-0.05, 0) is 29.9 Å². The van der Waals surface area contributed by atoms with Gasteiger partial charge in [0.2, 0.25) is 0 Å². The van der Waals surface area contributed by atoms with Gasteiger partial charge in [-0.3, -0.25) is 4.90 Å². The summed E-state index contributed by atoms with van der Waals surface area (Å²) in [6, 6.07) is 6.54. The van der Waals surface area contributed by atoms with E-state index in [4.69, 9.17) is 4.74 Å². The van der Waals surface area contributed by atoms with Gasteiger partial charge in [0.05, 0.1) is 12.7 Å². The molecule has 1 aliphatic heterocycles. The first-order valence-electron chi connectivity index (χ1n) is 10.0. The van der Waals surface area contributed by atoms with E-state index >= 15 is 0 Å². The molecule has 2 atom stereocenters. The Morgan fingerprint density at radius 2 is 2.10 bits per heavy atom. The van der Waals surface area contributed by atoms with Crippen molar-refractivity contribution in [1.29, 1.82) is 0 Å². The van der Waals surface area contributed by atoms with Crippen molar-refractivity contribution in [2.75, 3.05) is 20.2 Å². The van der Waals surface area contributed by atoms with Crippen LogP contribution in [-0.4, -0.2) is 53.4 Å². The third-order valence-electron chi connectivity index (χ3n) is 5.60. The summed E-state index contributed by atoms with van der Waals surface area (Å²) < 4.78 is 34.9. The van der Waals surface area contributed by atoms with E-state index < -0.39 is 18.2 Å². The van der Waals surface area contributed by atoms with Gasteiger partial charge in [0, 0.05) is 30.7 Å². The van der Waals surface area contributed by atoms with Crippen LogP contribution in [0, 0.1) is 11.3 Å². The number of hydrogen-bond acceptors (Lipinski definition) is 7. The number of ether oxygens (including phenoxy) is 2. The van der Waals surface area contributed by atoms with Crippen LogP contribution >= 0.6 is 11.3 Å². The summed E-state index contributed by atoms with van der Waals surface area (Å²) in [6.07, 6.45) is 2.03. The van der Waals surface area contributed by atoms with E-state index in [2.05, 4.69) is 30.5 Å². The molecular formula is C22H28F2N2O4S. The summed E-state index contributed by atoms with van der Waals surface area (Å²) in [5.74, 6) is -0.475. The van der Waals surface area contributed by atoms with E-state index in [1.54, 1.807) is 24.4 Å². The molecule has 1 aromatic heterocycles. The monoisotopic (exact) mass is 454 g/mol. The predicted octanol–water partition coefficient (Wildman–Crippen LogP) is 4.18. The van der Waals surface area contributed by atoms with Crippen LogP contribution in [0.1, 0.15) is 32.1 Å². The van der Waals surface area contributed by atoms with Gasteiger partial charge in [-0.15, -0.1) is 11.3 Å². The fourth-order valence-corrected chi connectivity index (χ4v) is 4.87. The number of aliphatic hydroxyl groups is 1. The lowest BCUT2D eigenvalue weighted by atomic mass is 9.71. The highest BCUT2D eigenvalue weighted by atomic mass is 32.1. The lowest BCUT2D eigenvalue weighted by molar-refractivity contribution is -0.173. The van der Waals surface area contributed by atoms with Gasteiger partial charge in [-0.25, -0.2) is 9.78 Å². The number of carbonyl (C=O) groups is 1. The van der Waals surface area contributed by atoms with E-state index in [-0.39, 0.29) is 23.6 Å². The first kappa shape index (κ1) is 23.6. The van der Waals surface area contributed by atoms with Crippen LogP contribution in [0.5, 0.6) is 5.75 Å². The quantitative estimate of drug-likeness (QED) is 0.660. The third-order valence-corrected chi connectivity index (χ3v) is 6.62. The summed E-state index contributed by atoms with van der Waals surface area (Å²) in [5.41, 5.74) is -1.18. The molecule has 1 fully saturated rings. The van der Waals surface area contributed by atoms with Crippen molar-refractivity contribution in [1.82, 2.24) is 9.88 Å². The summed E-state index contributed by atoms with van der Waals surface area (Å²) in [6.45, 7) is 4.68. The van der Waals surface area contributed by atoms with Crippen LogP contribution in [0.3, 0.4) is 0 Å². The fourth-order valence-electron chi connectivity index (χ4n) is 3.89. The van der Waals surface area contributed by atoms with Gasteiger partial charge >= 0.3 is 12.6 Å². The maximum Gasteiger partial charge on any atom is 0.387 e. The first-order valence-corrected chi connectivity index (χ1v) is 10.9. The van der Waals surface area contributed by atoms with Gasteiger partial charge in [-0.2, -0.15) is 8.78 Å². The SMILES string of the molecule is COC(=O)[C@]1(O)C[C@@H](C(C)(C)C)CN(Cc2cnc(-c3ccccc3OC(F)F)s2)C1. The topological polar surface area (TPSA) is 71.9 Å². The highest BCUT2D eigenvalue weighted by Crippen LogP contribution is 2.39. The Balaban J connectivity index is 1.81. The number of carbonyl (C=O) groups excluding carboxylic acids is 1. The number of alkyl halides is 2. The number of nitrogens with zero attached hydrogens (tertiary/aromatic N) is 2. The molecule has 31 heavy (non-hydrogen) atoms. The molecule has 1 aliphatic rings. The van der Waals surface area contributed by atoms with E-state index in [9.17, 15) is 18.7 Å². The minimum Gasteiger partial charge on any atom is -0.467 e. The Bertz CT molecular complexity index is 915. The minimum atomic E-state index is -2.92. The Morgan fingerprint density at radius 3 is 2.74 bits per heavy atom. The molecule has 1 aromatic carbocycles. The molecule has 0 amide bonds. The minimum absolute atomic E-state index is 0.0734. The number of methoxy groups -OCH3 is 1. The Morgan fingerprint density at radius 1 is 1.39 bits per heavy atom. The number of thiazole rings is 1. The molecule has 3 rings (SSSR count). The summed E-state index contributed by atoms with van der Waals surface area (Å²) in [5, 5.41) is 11.6. The number of piperidine rings is 1. The Labute approximate surface area is 184 Å². The molecule has 1 N–H and O–H groups in total. The maximum atomic E-state index is 12.7. The average Bonchev–Trinajstić information content (AvgIpc) is 3.14. The van der Waals surface area contributed by atoms with Crippen LogP contribution in [0.25, 0.3) is 10.6 Å². The van der Waals surface area contributed by atoms with E-state index in [1.807, 2.05) is 4.90 Å². The lowest BCUT2D eigenvalue weighted by Crippen LogP contribution is -2.58. The van der Waals surface area contributed by atoms with Crippen LogP contribution < -0.4 is 4.74 Å². The second-order valence-corrected chi connectivity index (χ2v) is 10.1. The average molecular weight is 455 g/mol. The fraction of sp³-hybridized carbons (Fsp3) is 0.545. The van der Waals surface area contributed by atoms with Crippen molar-refractivity contribution >= 4 is 17.3 Å². The highest BCUT2D eigenvalue weighted by molar-refractivity contribution is 7.15. The molecule has 1 saturated heterocycles. The molecule has 0 radical (unpaired) electrons. The second-order valence-electron chi connectivity index (χ2n) is 8.97. The summed E-state index contributed by atoms with van der Waals surface area (Å²) in [7, 11) is 1.28. The molecule has 2 aromatic rings. The number of aromatic nitrogens is 1. The Hall–Kier alpha value is -2.10. The van der Waals surface area contributed by atoms with Gasteiger partial charge < -0.3 is 14.6 Å². The largest absolute Gasteiger partial charge is 0.467 e. The van der Waals surface area contributed by atoms with Crippen molar-refractivity contribution in [2.24, 2.45) is 11.3 Å². The van der Waals surface area contributed by atoms with Gasteiger partial charge in [-0.1, -0.05) is 32.9 Å². The zero-order chi connectivity index (χ0) is 22.8. The summed E-state index contributed by atoms with van der Waals surface area (Å²) in [4.78, 5) is 19.6. The van der Waals surface area contributed by atoms with E-state index in [1.165, 1.54) is 24.5 Å². The smallest absolute Gasteiger partial charge is 0.387 e. The van der Waals surface area contributed by atoms with Crippen molar-refractivity contribution in [3.63, 3.8) is 0 Å². The first-order chi connectivity index (χ1) is 14.5. The molecule has 0 spiro atoms. The normalized spacial score (nSPS) is 22.5. The number of β-amino-alcohol motifs (C(OH)–C–C–N with tert-alkyl or cyclic N) is 1. The number of para-hydroxylation sites is 1. The maximum absolute atomic E-state index is 12.7. The number of halogens is 2. The van der Waals surface area contributed by atoms with Crippen molar-refractivity contribution in [2.45, 2.75) is 45.9 Å². The molecular weight excluding hydrogens is 426 g/mol. The molecule has 9 heteroatoms. The van der Waals surface area contributed by atoms with Gasteiger partial charge in [0.1, 0.15) is 10.8 Å². The van der Waals surface area contributed by atoms with Crippen molar-refractivity contribution < 1.29 is 28.2 Å². The van der Waals surface area contributed by atoms with Crippen molar-refractivity contribution in [3.8, 4) is 16.3 Å². The molecule has 0 bridgehead atoms. The highest BCUT2D eigenvalue weighted by Gasteiger charge is 2.47. The van der Waals surface area contributed by atoms with Crippen LogP contribution in [0.2, 0.25) is 0 Å². The molecule has 6 nitrogen and oxygen atoms in total. The van der Waals surface area contributed by atoms with Crippen LogP contribution in [0.15, 0.2) is 30.5 Å². The lowest BCUT2D eigenvalue weighted by Gasteiger charge is -2.45. The number of hydrogen-bond donors (Lipinski definition) is 1. The second kappa shape index (κ2) is 9.18. The van der Waals surface area contributed by atoms with Crippen LogP contribution in [-0.2, 0) is 16.1 Å². The molecule has 0 saturated carbocycles. The Kier molecular flexibility index (Phi) is 6.98. The van der Waals surface area contributed by atoms with E-state index in [0.717, 1.165) is 4.88 Å². The number of benzene rings is 1. The molecule has 0 unspecified atom stereocenters. The number of likely N-dealkylation sites (tertiary alicyclic amines) is 1. The van der Waals surface area contributed by atoms with Crippen LogP contribution in [0.4, 0.5) is 8.78 Å². The standard InChI is InChI=1S/C22H28F2N2O4S/c1-21(2,3)14-9-22(28,19(27)29-4)13-26(11-14)12-15-10-25-18(31-15)16-7-5-6-8-17(16)30-20(23)24/h5-8,10,14,20,28H,9,11-13H2,1-4H3/t14-,22+/m1/s1. The van der Waals surface area contributed by atoms with E-state index in [0.29, 0.717) is 30.1 Å². The van der Waals surface area contributed by atoms with Gasteiger partial charge in [0.15, 0.2) is 5.60 Å². The zero-order valence-electron chi connectivity index (χ0n) is 18.1. The summed E-state index contributed by atoms with van der Waals surface area (Å²) >= 11 is 1.37.